The molecule has 2 fully saturated rings. The van der Waals surface area contributed by atoms with Gasteiger partial charge in [0.15, 0.2) is 0 Å². The zero-order valence-corrected chi connectivity index (χ0v) is 21.4. The molecule has 2 aliphatic heterocycles. The number of hydrogen-bond donors (Lipinski definition) is 1. The van der Waals surface area contributed by atoms with Gasteiger partial charge in [-0.2, -0.15) is 0 Å². The van der Waals surface area contributed by atoms with Crippen molar-refractivity contribution < 1.29 is 17.9 Å². The van der Waals surface area contributed by atoms with Crippen LogP contribution in [0.25, 0.3) is 0 Å². The summed E-state index contributed by atoms with van der Waals surface area (Å²) in [4.78, 5) is 16.7. The number of carbonyl (C=O) groups is 1. The molecule has 2 aromatic rings. The fourth-order valence-electron chi connectivity index (χ4n) is 4.54. The van der Waals surface area contributed by atoms with Gasteiger partial charge in [0.1, 0.15) is 11.9 Å². The molecule has 0 aromatic heterocycles. The average Bonchev–Trinajstić information content (AvgIpc) is 2.85. The van der Waals surface area contributed by atoms with E-state index in [2.05, 4.69) is 9.62 Å². The van der Waals surface area contributed by atoms with E-state index in [0.29, 0.717) is 34.9 Å². The van der Waals surface area contributed by atoms with Crippen molar-refractivity contribution in [3.8, 4) is 5.75 Å². The monoisotopic (exact) mass is 525 g/mol. The van der Waals surface area contributed by atoms with Crippen molar-refractivity contribution in [2.75, 3.05) is 26.2 Å². The van der Waals surface area contributed by atoms with Gasteiger partial charge in [0, 0.05) is 37.2 Å². The maximum atomic E-state index is 12.5. The topological polar surface area (TPSA) is 79.0 Å². The molecule has 7 nitrogen and oxygen atoms in total. The number of carbonyl (C=O) groups excluding carboxylic acids is 1. The molecule has 0 bridgehead atoms. The van der Waals surface area contributed by atoms with Crippen molar-refractivity contribution in [1.29, 1.82) is 0 Å². The molecule has 34 heavy (non-hydrogen) atoms. The van der Waals surface area contributed by atoms with E-state index in [9.17, 15) is 13.2 Å². The fourth-order valence-corrected chi connectivity index (χ4v) is 5.95. The Balaban J connectivity index is 1.24. The van der Waals surface area contributed by atoms with Gasteiger partial charge in [0.05, 0.1) is 9.92 Å². The molecule has 0 spiro atoms. The number of ether oxygens (including phenoxy) is 1. The Morgan fingerprint density at radius 1 is 0.971 bits per heavy atom. The van der Waals surface area contributed by atoms with Crippen molar-refractivity contribution >= 4 is 39.3 Å². The molecular weight excluding hydrogens is 497 g/mol. The quantitative estimate of drug-likeness (QED) is 0.611. The van der Waals surface area contributed by atoms with E-state index in [1.807, 2.05) is 19.1 Å². The van der Waals surface area contributed by atoms with Crippen molar-refractivity contribution in [1.82, 2.24) is 14.5 Å². The second kappa shape index (κ2) is 10.7. The van der Waals surface area contributed by atoms with Gasteiger partial charge in [0.2, 0.25) is 0 Å². The Morgan fingerprint density at radius 3 is 2.26 bits per heavy atom. The molecule has 2 aromatic carbocycles. The van der Waals surface area contributed by atoms with Gasteiger partial charge in [0.25, 0.3) is 10.0 Å². The molecule has 184 valence electrons. The Morgan fingerprint density at radius 2 is 1.62 bits per heavy atom. The first-order chi connectivity index (χ1) is 16.2. The van der Waals surface area contributed by atoms with E-state index in [1.165, 1.54) is 12.1 Å². The van der Waals surface area contributed by atoms with Crippen molar-refractivity contribution in [2.45, 2.75) is 49.6 Å². The van der Waals surface area contributed by atoms with Gasteiger partial charge in [-0.3, -0.25) is 4.90 Å². The van der Waals surface area contributed by atoms with Gasteiger partial charge in [-0.1, -0.05) is 41.4 Å². The van der Waals surface area contributed by atoms with Gasteiger partial charge >= 0.3 is 6.03 Å². The smallest absolute Gasteiger partial charge is 0.331 e. The predicted molar refractivity (Wildman–Crippen MR) is 133 cm³/mol. The van der Waals surface area contributed by atoms with Crippen LogP contribution in [-0.4, -0.2) is 62.6 Å². The highest BCUT2D eigenvalue weighted by molar-refractivity contribution is 7.90. The zero-order chi connectivity index (χ0) is 24.3. The van der Waals surface area contributed by atoms with Crippen molar-refractivity contribution in [2.24, 2.45) is 0 Å². The summed E-state index contributed by atoms with van der Waals surface area (Å²) in [6.07, 6.45) is 3.52. The SMILES string of the molecule is Cc1c(Cl)ccc(OC2CCN(C3CCN(C(=O)NS(=O)(=O)c4ccccc4)CC3)CC2)c1Cl. The first-order valence-electron chi connectivity index (χ1n) is 11.5. The van der Waals surface area contributed by atoms with E-state index >= 15 is 0 Å². The van der Waals surface area contributed by atoms with Crippen LogP contribution in [0.3, 0.4) is 0 Å². The summed E-state index contributed by atoms with van der Waals surface area (Å²) in [5.41, 5.74) is 0.825. The number of piperidine rings is 2. The van der Waals surface area contributed by atoms with Gasteiger partial charge in [-0.05, 0) is 62.4 Å². The summed E-state index contributed by atoms with van der Waals surface area (Å²) in [5.74, 6) is 0.673. The van der Waals surface area contributed by atoms with Crippen LogP contribution in [0.1, 0.15) is 31.2 Å². The highest BCUT2D eigenvalue weighted by Gasteiger charge is 2.31. The summed E-state index contributed by atoms with van der Waals surface area (Å²) in [6.45, 7) is 4.75. The lowest BCUT2D eigenvalue weighted by molar-refractivity contribution is 0.0540. The van der Waals surface area contributed by atoms with Crippen molar-refractivity contribution in [3.63, 3.8) is 0 Å². The van der Waals surface area contributed by atoms with Crippen LogP contribution in [0.5, 0.6) is 5.75 Å². The minimum Gasteiger partial charge on any atom is -0.489 e. The third kappa shape index (κ3) is 5.79. The maximum Gasteiger partial charge on any atom is 0.331 e. The molecule has 0 unspecified atom stereocenters. The first kappa shape index (κ1) is 25.1. The number of amides is 2. The summed E-state index contributed by atoms with van der Waals surface area (Å²) in [6, 6.07) is 11.4. The molecule has 2 aliphatic rings. The van der Waals surface area contributed by atoms with E-state index in [-0.39, 0.29) is 11.0 Å². The normalized spacial score (nSPS) is 18.6. The number of nitrogens with zero attached hydrogens (tertiary/aromatic N) is 2. The highest BCUT2D eigenvalue weighted by atomic mass is 35.5. The second-order valence-corrected chi connectivity index (χ2v) is 11.2. The lowest BCUT2D eigenvalue weighted by Gasteiger charge is -2.41. The number of halogens is 2. The number of benzene rings is 2. The van der Waals surface area contributed by atoms with Crippen LogP contribution in [0.15, 0.2) is 47.4 Å². The van der Waals surface area contributed by atoms with Gasteiger partial charge < -0.3 is 9.64 Å². The maximum absolute atomic E-state index is 12.5. The van der Waals surface area contributed by atoms with Crippen LogP contribution in [-0.2, 0) is 10.0 Å². The standard InChI is InChI=1S/C24H29Cl2N3O4S/c1-17-21(25)7-8-22(23(17)26)33-19-11-15-28(16-12-19)18-9-13-29(14-10-18)24(30)27-34(31,32)20-5-3-2-4-6-20/h2-8,18-19H,9-16H2,1H3,(H,27,30). The van der Waals surface area contributed by atoms with Crippen LogP contribution in [0.4, 0.5) is 4.79 Å². The third-order valence-corrected chi connectivity index (χ3v) is 8.81. The van der Waals surface area contributed by atoms with Crippen LogP contribution in [0, 0.1) is 6.92 Å². The molecule has 0 aliphatic carbocycles. The molecule has 0 atom stereocenters. The number of sulfonamides is 1. The van der Waals surface area contributed by atoms with E-state index < -0.39 is 16.1 Å². The third-order valence-electron chi connectivity index (χ3n) is 6.60. The van der Waals surface area contributed by atoms with Crippen molar-refractivity contribution in [3.05, 3.63) is 58.1 Å². The largest absolute Gasteiger partial charge is 0.489 e. The van der Waals surface area contributed by atoms with E-state index in [0.717, 1.165) is 44.3 Å². The Hall–Kier alpha value is -2.00. The zero-order valence-electron chi connectivity index (χ0n) is 19.0. The molecule has 2 saturated heterocycles. The number of hydrogen-bond acceptors (Lipinski definition) is 5. The lowest BCUT2D eigenvalue weighted by Crippen LogP contribution is -2.52. The summed E-state index contributed by atoms with van der Waals surface area (Å²) in [5, 5.41) is 1.19. The van der Waals surface area contributed by atoms with Crippen LogP contribution >= 0.6 is 23.2 Å². The van der Waals surface area contributed by atoms with E-state index in [1.54, 1.807) is 23.1 Å². The van der Waals surface area contributed by atoms with Crippen LogP contribution in [0.2, 0.25) is 10.0 Å². The van der Waals surface area contributed by atoms with Gasteiger partial charge in [-0.15, -0.1) is 0 Å². The predicted octanol–water partition coefficient (Wildman–Crippen LogP) is 4.71. The summed E-state index contributed by atoms with van der Waals surface area (Å²) >= 11 is 12.5. The molecule has 10 heteroatoms. The Bertz CT molecular complexity index is 1110. The molecule has 2 amide bonds. The van der Waals surface area contributed by atoms with Gasteiger partial charge in [-0.25, -0.2) is 17.9 Å². The fraction of sp³-hybridized carbons (Fsp3) is 0.458. The molecule has 2 heterocycles. The number of likely N-dealkylation sites (tertiary alicyclic amines) is 2. The minimum atomic E-state index is -3.87. The number of rotatable bonds is 5. The second-order valence-electron chi connectivity index (χ2n) is 8.78. The van der Waals surface area contributed by atoms with Crippen LogP contribution < -0.4 is 9.46 Å². The highest BCUT2D eigenvalue weighted by Crippen LogP contribution is 2.34. The Kier molecular flexibility index (Phi) is 7.92. The lowest BCUT2D eigenvalue weighted by atomic mass is 9.99. The number of urea groups is 1. The summed E-state index contributed by atoms with van der Waals surface area (Å²) < 4.78 is 33.2. The minimum absolute atomic E-state index is 0.0818. The molecule has 1 N–H and O–H groups in total. The van der Waals surface area contributed by atoms with E-state index in [4.69, 9.17) is 27.9 Å². The Labute approximate surface area is 211 Å². The average molecular weight is 526 g/mol. The molecular formula is C24H29Cl2N3O4S. The molecule has 4 rings (SSSR count). The molecule has 0 radical (unpaired) electrons. The number of nitrogens with one attached hydrogen (secondary N) is 1. The molecule has 0 saturated carbocycles. The summed E-state index contributed by atoms with van der Waals surface area (Å²) in [7, 11) is -3.87. The first-order valence-corrected chi connectivity index (χ1v) is 13.7.